The van der Waals surface area contributed by atoms with Gasteiger partial charge in [-0.25, -0.2) is 0 Å². The number of methoxy groups -OCH3 is 1. The first-order valence-corrected chi connectivity index (χ1v) is 11.4. The van der Waals surface area contributed by atoms with Gasteiger partial charge in [-0.1, -0.05) is 30.3 Å². The lowest BCUT2D eigenvalue weighted by Crippen LogP contribution is -2.59. The van der Waals surface area contributed by atoms with E-state index in [0.29, 0.717) is 18.7 Å². The smallest absolute Gasteiger partial charge is 0.325 e. The van der Waals surface area contributed by atoms with Gasteiger partial charge in [0, 0.05) is 12.2 Å². The van der Waals surface area contributed by atoms with Crippen LogP contribution in [0, 0.1) is 0 Å². The van der Waals surface area contributed by atoms with Gasteiger partial charge in [-0.05, 0) is 36.2 Å². The van der Waals surface area contributed by atoms with Crippen LogP contribution in [0.3, 0.4) is 0 Å². The highest BCUT2D eigenvalue weighted by molar-refractivity contribution is 5.76. The summed E-state index contributed by atoms with van der Waals surface area (Å²) >= 11 is 0. The molecule has 2 aromatic carbocycles. The summed E-state index contributed by atoms with van der Waals surface area (Å²) in [6, 6.07) is 16.7. The fourth-order valence-corrected chi connectivity index (χ4v) is 3.69. The number of aliphatic hydroxyl groups is 4. The fraction of sp³-hybridized carbons (Fsp3) is 0.480. The third kappa shape index (κ3) is 7.63. The van der Waals surface area contributed by atoms with Gasteiger partial charge in [0.1, 0.15) is 43.3 Å². The van der Waals surface area contributed by atoms with Crippen LogP contribution in [0.4, 0.5) is 5.69 Å². The predicted molar refractivity (Wildman–Crippen MR) is 126 cm³/mol. The van der Waals surface area contributed by atoms with Crippen LogP contribution >= 0.6 is 0 Å². The Morgan fingerprint density at radius 1 is 1.00 bits per heavy atom. The Bertz CT molecular complexity index is 894. The zero-order valence-corrected chi connectivity index (χ0v) is 19.6. The van der Waals surface area contributed by atoms with Gasteiger partial charge in [-0.3, -0.25) is 4.79 Å². The summed E-state index contributed by atoms with van der Waals surface area (Å²) in [6.45, 7) is 0.218. The van der Waals surface area contributed by atoms with Crippen LogP contribution in [-0.2, 0) is 25.6 Å². The van der Waals surface area contributed by atoms with Crippen molar-refractivity contribution in [2.45, 2.75) is 43.7 Å². The van der Waals surface area contributed by atoms with E-state index >= 15 is 0 Å². The minimum Gasteiger partial charge on any atom is -0.497 e. The molecule has 2 aromatic rings. The van der Waals surface area contributed by atoms with Gasteiger partial charge < -0.3 is 44.3 Å². The molecule has 0 amide bonds. The summed E-state index contributed by atoms with van der Waals surface area (Å²) in [5, 5.41) is 39.2. The Morgan fingerprint density at radius 2 is 1.71 bits per heavy atom. The summed E-state index contributed by atoms with van der Waals surface area (Å²) in [6.07, 6.45) is -6.18. The molecule has 1 fully saturated rings. The molecule has 192 valence electrons. The fourth-order valence-electron chi connectivity index (χ4n) is 3.69. The zero-order chi connectivity index (χ0) is 25.2. The van der Waals surface area contributed by atoms with Crippen molar-refractivity contribution in [3.05, 3.63) is 60.2 Å². The predicted octanol–water partition coefficient (Wildman–Crippen LogP) is 0.452. The van der Waals surface area contributed by atoms with Gasteiger partial charge in [0.2, 0.25) is 0 Å². The van der Waals surface area contributed by atoms with Crippen molar-refractivity contribution in [2.24, 2.45) is 0 Å². The molecule has 4 N–H and O–H groups in total. The van der Waals surface area contributed by atoms with Crippen LogP contribution in [-0.4, -0.2) is 90.5 Å². The second kappa shape index (κ2) is 13.4. The molecule has 0 spiro atoms. The van der Waals surface area contributed by atoms with Crippen LogP contribution in [0.5, 0.6) is 5.75 Å². The number of benzene rings is 2. The molecule has 1 heterocycles. The molecular formula is C25H33NO9. The van der Waals surface area contributed by atoms with Crippen molar-refractivity contribution < 1.29 is 44.2 Å². The minimum absolute atomic E-state index is 0.0131. The average molecular weight is 492 g/mol. The molecule has 1 aliphatic heterocycles. The number of ether oxygens (including phenoxy) is 4. The molecule has 0 unspecified atom stereocenters. The quantitative estimate of drug-likeness (QED) is 0.245. The first-order chi connectivity index (χ1) is 16.9. The number of anilines is 1. The Morgan fingerprint density at radius 3 is 2.37 bits per heavy atom. The maximum Gasteiger partial charge on any atom is 0.325 e. The summed E-state index contributed by atoms with van der Waals surface area (Å²) in [7, 11) is 1.57. The highest BCUT2D eigenvalue weighted by atomic mass is 16.7. The molecule has 35 heavy (non-hydrogen) atoms. The maximum atomic E-state index is 12.5. The second-order valence-electron chi connectivity index (χ2n) is 8.19. The van der Waals surface area contributed by atoms with Gasteiger partial charge in [0.05, 0.1) is 20.3 Å². The van der Waals surface area contributed by atoms with E-state index in [4.69, 9.17) is 18.9 Å². The molecule has 0 radical (unpaired) electrons. The molecule has 1 aliphatic rings. The van der Waals surface area contributed by atoms with Crippen molar-refractivity contribution >= 4 is 11.7 Å². The molecule has 10 heteroatoms. The Labute approximate surface area is 204 Å². The van der Waals surface area contributed by atoms with Gasteiger partial charge in [-0.15, -0.1) is 0 Å². The topological polar surface area (TPSA) is 138 Å². The molecule has 0 aliphatic carbocycles. The van der Waals surface area contributed by atoms with Crippen molar-refractivity contribution in [3.63, 3.8) is 0 Å². The molecule has 5 atom stereocenters. The normalized spacial score (nSPS) is 24.1. The number of aliphatic hydroxyl groups excluding tert-OH is 4. The lowest BCUT2D eigenvalue weighted by Gasteiger charge is -2.39. The molecule has 3 rings (SSSR count). The summed E-state index contributed by atoms with van der Waals surface area (Å²) in [4.78, 5) is 14.4. The van der Waals surface area contributed by atoms with Crippen LogP contribution in [0.25, 0.3) is 0 Å². The highest BCUT2D eigenvalue weighted by Gasteiger charge is 2.43. The van der Waals surface area contributed by atoms with Crippen molar-refractivity contribution in [2.75, 3.05) is 38.3 Å². The molecule has 10 nitrogen and oxygen atoms in total. The Hall–Kier alpha value is -2.73. The summed E-state index contributed by atoms with van der Waals surface area (Å²) in [5.41, 5.74) is 1.68. The van der Waals surface area contributed by atoms with E-state index in [-0.39, 0.29) is 25.7 Å². The van der Waals surface area contributed by atoms with E-state index < -0.39 is 37.3 Å². The standard InChI is InChI=1S/C25H33NO9/c1-32-19-10-8-18(9-11-19)26(14-21(28)34-16-17-6-3-2-4-7-17)12-5-13-33-25-24(31)23(30)22(29)20(15-27)35-25/h2-4,6-11,20,22-25,27,29-31H,5,12-16H2,1H3/t20-,22-,23+,24-,25-/m1/s1. The van der Waals surface area contributed by atoms with Gasteiger partial charge in [0.15, 0.2) is 6.29 Å². The van der Waals surface area contributed by atoms with Crippen LogP contribution in [0.2, 0.25) is 0 Å². The van der Waals surface area contributed by atoms with Crippen molar-refractivity contribution in [1.82, 2.24) is 0 Å². The number of esters is 1. The number of carbonyl (C=O) groups is 1. The van der Waals surface area contributed by atoms with Gasteiger partial charge >= 0.3 is 5.97 Å². The first-order valence-electron chi connectivity index (χ1n) is 11.4. The SMILES string of the molecule is COc1ccc(N(CCCO[C@@H]2O[C@H](CO)[C@@H](O)[C@H](O)[C@H]2O)CC(=O)OCc2ccccc2)cc1. The van der Waals surface area contributed by atoms with Crippen LogP contribution < -0.4 is 9.64 Å². The van der Waals surface area contributed by atoms with E-state index in [1.807, 2.05) is 47.4 Å². The van der Waals surface area contributed by atoms with Gasteiger partial charge in [-0.2, -0.15) is 0 Å². The summed E-state index contributed by atoms with van der Waals surface area (Å²) in [5.74, 6) is 0.297. The van der Waals surface area contributed by atoms with Gasteiger partial charge in [0.25, 0.3) is 0 Å². The number of hydrogen-bond donors (Lipinski definition) is 4. The number of nitrogens with zero attached hydrogens (tertiary/aromatic N) is 1. The minimum atomic E-state index is -1.50. The molecule has 0 aromatic heterocycles. The average Bonchev–Trinajstić information content (AvgIpc) is 2.89. The first kappa shape index (κ1) is 26.9. The maximum absolute atomic E-state index is 12.5. The zero-order valence-electron chi connectivity index (χ0n) is 19.6. The Kier molecular flexibility index (Phi) is 10.3. The van der Waals surface area contributed by atoms with E-state index in [1.54, 1.807) is 19.2 Å². The van der Waals surface area contributed by atoms with Crippen molar-refractivity contribution in [1.29, 1.82) is 0 Å². The molecule has 1 saturated heterocycles. The second-order valence-corrected chi connectivity index (χ2v) is 8.19. The number of rotatable bonds is 12. The molecule has 0 saturated carbocycles. The molecule has 0 bridgehead atoms. The van der Waals surface area contributed by atoms with E-state index in [1.165, 1.54) is 0 Å². The lowest BCUT2D eigenvalue weighted by molar-refractivity contribution is -0.301. The van der Waals surface area contributed by atoms with Crippen molar-refractivity contribution in [3.8, 4) is 5.75 Å². The molecular weight excluding hydrogens is 458 g/mol. The van der Waals surface area contributed by atoms with E-state index in [2.05, 4.69) is 0 Å². The number of hydrogen-bond acceptors (Lipinski definition) is 10. The van der Waals surface area contributed by atoms with Crippen LogP contribution in [0.15, 0.2) is 54.6 Å². The lowest BCUT2D eigenvalue weighted by atomic mass is 9.99. The van der Waals surface area contributed by atoms with E-state index in [0.717, 1.165) is 11.3 Å². The number of carbonyl (C=O) groups excluding carboxylic acids is 1. The highest BCUT2D eigenvalue weighted by Crippen LogP contribution is 2.23. The third-order valence-corrected chi connectivity index (χ3v) is 5.70. The Balaban J connectivity index is 1.55. The van der Waals surface area contributed by atoms with E-state index in [9.17, 15) is 25.2 Å². The van der Waals surface area contributed by atoms with Crippen LogP contribution in [0.1, 0.15) is 12.0 Å². The summed E-state index contributed by atoms with van der Waals surface area (Å²) < 4.78 is 21.5. The third-order valence-electron chi connectivity index (χ3n) is 5.70. The monoisotopic (exact) mass is 491 g/mol. The largest absolute Gasteiger partial charge is 0.497 e.